The normalized spacial score (nSPS) is 12.4. The molecular formula is C14H14O3. The van der Waals surface area contributed by atoms with Crippen LogP contribution in [-0.2, 0) is 4.79 Å². The standard InChI is InChI=1S/C14H14O3/c1-9(14(15)16)12-5-3-4-10-8-11(17-2)6-7-13(10)12/h3-9H,1-2H3,(H,15,16). The number of ether oxygens (including phenoxy) is 1. The predicted octanol–water partition coefficient (Wildman–Crippen LogP) is 3.04. The third-order valence-corrected chi connectivity index (χ3v) is 2.96. The number of methoxy groups -OCH3 is 1. The summed E-state index contributed by atoms with van der Waals surface area (Å²) in [4.78, 5) is 11.0. The van der Waals surface area contributed by atoms with E-state index in [1.807, 2.05) is 36.4 Å². The van der Waals surface area contributed by atoms with Gasteiger partial charge in [0.15, 0.2) is 0 Å². The molecule has 0 bridgehead atoms. The summed E-state index contributed by atoms with van der Waals surface area (Å²) in [6, 6.07) is 11.3. The first-order valence-corrected chi connectivity index (χ1v) is 5.43. The quantitative estimate of drug-likeness (QED) is 0.881. The van der Waals surface area contributed by atoms with Crippen LogP contribution in [0.5, 0.6) is 5.75 Å². The lowest BCUT2D eigenvalue weighted by Crippen LogP contribution is -2.07. The smallest absolute Gasteiger partial charge is 0.310 e. The largest absolute Gasteiger partial charge is 0.497 e. The van der Waals surface area contributed by atoms with E-state index in [1.165, 1.54) is 0 Å². The van der Waals surface area contributed by atoms with Gasteiger partial charge >= 0.3 is 5.97 Å². The molecule has 2 aromatic carbocycles. The van der Waals surface area contributed by atoms with E-state index in [1.54, 1.807) is 14.0 Å². The van der Waals surface area contributed by atoms with Gasteiger partial charge in [0.25, 0.3) is 0 Å². The molecule has 88 valence electrons. The maximum Gasteiger partial charge on any atom is 0.310 e. The minimum Gasteiger partial charge on any atom is -0.497 e. The molecule has 0 aromatic heterocycles. The van der Waals surface area contributed by atoms with Crippen molar-refractivity contribution < 1.29 is 14.6 Å². The van der Waals surface area contributed by atoms with Crippen LogP contribution in [0.4, 0.5) is 0 Å². The van der Waals surface area contributed by atoms with Gasteiger partial charge in [-0.05, 0) is 35.4 Å². The summed E-state index contributed by atoms with van der Waals surface area (Å²) in [6.07, 6.45) is 0. The highest BCUT2D eigenvalue weighted by atomic mass is 16.5. The molecule has 1 N–H and O–H groups in total. The molecule has 2 aromatic rings. The number of carboxylic acid groups (broad SMARTS) is 1. The van der Waals surface area contributed by atoms with Crippen LogP contribution in [0.3, 0.4) is 0 Å². The fraction of sp³-hybridized carbons (Fsp3) is 0.214. The Kier molecular flexibility index (Phi) is 3.00. The van der Waals surface area contributed by atoms with Crippen LogP contribution in [0.25, 0.3) is 10.8 Å². The second-order valence-corrected chi connectivity index (χ2v) is 3.99. The molecule has 0 heterocycles. The number of carboxylic acids is 1. The number of hydrogen-bond acceptors (Lipinski definition) is 2. The zero-order valence-electron chi connectivity index (χ0n) is 9.81. The van der Waals surface area contributed by atoms with Crippen molar-refractivity contribution in [1.29, 1.82) is 0 Å². The highest BCUT2D eigenvalue weighted by Gasteiger charge is 2.16. The Morgan fingerprint density at radius 1 is 1.29 bits per heavy atom. The molecule has 0 aliphatic rings. The van der Waals surface area contributed by atoms with Gasteiger partial charge in [0.05, 0.1) is 13.0 Å². The van der Waals surface area contributed by atoms with Gasteiger partial charge in [-0.3, -0.25) is 4.79 Å². The Morgan fingerprint density at radius 2 is 2.06 bits per heavy atom. The monoisotopic (exact) mass is 230 g/mol. The molecule has 0 aliphatic heterocycles. The zero-order valence-corrected chi connectivity index (χ0v) is 9.81. The van der Waals surface area contributed by atoms with Crippen LogP contribution in [0, 0.1) is 0 Å². The topological polar surface area (TPSA) is 46.5 Å². The van der Waals surface area contributed by atoms with Gasteiger partial charge < -0.3 is 9.84 Å². The van der Waals surface area contributed by atoms with E-state index in [0.717, 1.165) is 22.1 Å². The lowest BCUT2D eigenvalue weighted by atomic mass is 9.95. The van der Waals surface area contributed by atoms with Crippen molar-refractivity contribution in [2.45, 2.75) is 12.8 Å². The number of rotatable bonds is 3. The Balaban J connectivity index is 2.62. The number of hydrogen-bond donors (Lipinski definition) is 1. The molecule has 0 saturated carbocycles. The van der Waals surface area contributed by atoms with E-state index >= 15 is 0 Å². The molecule has 0 spiro atoms. The van der Waals surface area contributed by atoms with Crippen LogP contribution in [0.15, 0.2) is 36.4 Å². The van der Waals surface area contributed by atoms with E-state index in [-0.39, 0.29) is 0 Å². The van der Waals surface area contributed by atoms with Crippen molar-refractivity contribution in [1.82, 2.24) is 0 Å². The van der Waals surface area contributed by atoms with Crippen molar-refractivity contribution >= 4 is 16.7 Å². The lowest BCUT2D eigenvalue weighted by molar-refractivity contribution is -0.138. The second-order valence-electron chi connectivity index (χ2n) is 3.99. The van der Waals surface area contributed by atoms with Gasteiger partial charge in [0.1, 0.15) is 5.75 Å². The van der Waals surface area contributed by atoms with Gasteiger partial charge in [-0.25, -0.2) is 0 Å². The third-order valence-electron chi connectivity index (χ3n) is 2.96. The molecule has 0 amide bonds. The lowest BCUT2D eigenvalue weighted by Gasteiger charge is -2.11. The van der Waals surface area contributed by atoms with Gasteiger partial charge in [0, 0.05) is 0 Å². The number of fused-ring (bicyclic) bond motifs is 1. The average molecular weight is 230 g/mol. The maximum absolute atomic E-state index is 11.0. The minimum atomic E-state index is -0.812. The SMILES string of the molecule is COc1ccc2c(C(C)C(=O)O)cccc2c1. The predicted molar refractivity (Wildman–Crippen MR) is 66.6 cm³/mol. The molecule has 2 rings (SSSR count). The Morgan fingerprint density at radius 3 is 2.71 bits per heavy atom. The first-order valence-electron chi connectivity index (χ1n) is 5.43. The van der Waals surface area contributed by atoms with Crippen molar-refractivity contribution in [2.24, 2.45) is 0 Å². The van der Waals surface area contributed by atoms with Crippen molar-refractivity contribution in [2.75, 3.05) is 7.11 Å². The van der Waals surface area contributed by atoms with Crippen LogP contribution < -0.4 is 4.74 Å². The summed E-state index contributed by atoms with van der Waals surface area (Å²) < 4.78 is 5.15. The molecule has 1 atom stereocenters. The summed E-state index contributed by atoms with van der Waals surface area (Å²) in [5, 5.41) is 11.0. The molecule has 0 aliphatic carbocycles. The van der Waals surface area contributed by atoms with Gasteiger partial charge in [-0.2, -0.15) is 0 Å². The number of aliphatic carboxylic acids is 1. The van der Waals surface area contributed by atoms with Crippen LogP contribution >= 0.6 is 0 Å². The molecule has 1 unspecified atom stereocenters. The molecular weight excluding hydrogens is 216 g/mol. The second kappa shape index (κ2) is 4.45. The number of benzene rings is 2. The third kappa shape index (κ3) is 2.09. The summed E-state index contributed by atoms with van der Waals surface area (Å²) in [7, 11) is 1.62. The average Bonchev–Trinajstić information content (AvgIpc) is 2.36. The number of carbonyl (C=O) groups is 1. The van der Waals surface area contributed by atoms with Crippen molar-refractivity contribution in [3.05, 3.63) is 42.0 Å². The van der Waals surface area contributed by atoms with E-state index in [0.29, 0.717) is 0 Å². The van der Waals surface area contributed by atoms with Crippen molar-refractivity contribution in [3.63, 3.8) is 0 Å². The maximum atomic E-state index is 11.0. The molecule has 0 saturated heterocycles. The van der Waals surface area contributed by atoms with E-state index < -0.39 is 11.9 Å². The summed E-state index contributed by atoms with van der Waals surface area (Å²) >= 11 is 0. The summed E-state index contributed by atoms with van der Waals surface area (Å²) in [5.74, 6) is -0.543. The minimum absolute atomic E-state index is 0.507. The fourth-order valence-corrected chi connectivity index (χ4v) is 1.92. The van der Waals surface area contributed by atoms with E-state index in [9.17, 15) is 4.79 Å². The zero-order chi connectivity index (χ0) is 12.4. The van der Waals surface area contributed by atoms with Crippen molar-refractivity contribution in [3.8, 4) is 5.75 Å². The Hall–Kier alpha value is -2.03. The van der Waals surface area contributed by atoms with Crippen LogP contribution in [0.2, 0.25) is 0 Å². The first-order chi connectivity index (χ1) is 8.13. The molecule has 0 fully saturated rings. The van der Waals surface area contributed by atoms with Gasteiger partial charge in [-0.1, -0.05) is 24.3 Å². The fourth-order valence-electron chi connectivity index (χ4n) is 1.92. The van der Waals surface area contributed by atoms with E-state index in [4.69, 9.17) is 9.84 Å². The Bertz CT molecular complexity index is 560. The molecule has 0 radical (unpaired) electrons. The Labute approximate surface area is 99.6 Å². The highest BCUT2D eigenvalue weighted by molar-refractivity contribution is 5.91. The van der Waals surface area contributed by atoms with Crippen LogP contribution in [0.1, 0.15) is 18.4 Å². The summed E-state index contributed by atoms with van der Waals surface area (Å²) in [6.45, 7) is 1.70. The first kappa shape index (κ1) is 11.5. The highest BCUT2D eigenvalue weighted by Crippen LogP contribution is 2.28. The van der Waals surface area contributed by atoms with E-state index in [2.05, 4.69) is 0 Å². The van der Waals surface area contributed by atoms with Gasteiger partial charge in [0.2, 0.25) is 0 Å². The van der Waals surface area contributed by atoms with Gasteiger partial charge in [-0.15, -0.1) is 0 Å². The molecule has 3 nitrogen and oxygen atoms in total. The molecule has 17 heavy (non-hydrogen) atoms. The molecule has 3 heteroatoms. The van der Waals surface area contributed by atoms with Crippen LogP contribution in [-0.4, -0.2) is 18.2 Å². The summed E-state index contributed by atoms with van der Waals surface area (Å²) in [5.41, 5.74) is 0.831.